The molecule has 1 saturated heterocycles. The van der Waals surface area contributed by atoms with Crippen LogP contribution in [0.5, 0.6) is 23.0 Å². The number of carbonyl (C=O) groups is 1. The molecule has 6 nitrogen and oxygen atoms in total. The molecule has 1 heterocycles. The standard InChI is InChI=1S/C30H28N2O4/c33-24-10-7-22(8-11-24)27-15-9-23-20-25(34)12-16-28(23)30(27)36-26-13-4-21(5-14-26)6-17-29(35)31-32-18-2-1-3-19-32/h4-17,20,33-34H,1-3,18-19H2,(H,31,35). The van der Waals surface area contributed by atoms with Gasteiger partial charge >= 0.3 is 0 Å². The fourth-order valence-electron chi connectivity index (χ4n) is 4.40. The first-order valence-corrected chi connectivity index (χ1v) is 12.1. The molecule has 0 atom stereocenters. The zero-order chi connectivity index (χ0) is 24.9. The van der Waals surface area contributed by atoms with Gasteiger partial charge in [0, 0.05) is 30.1 Å². The van der Waals surface area contributed by atoms with Crippen molar-refractivity contribution in [1.82, 2.24) is 10.4 Å². The van der Waals surface area contributed by atoms with Crippen molar-refractivity contribution in [2.75, 3.05) is 13.1 Å². The highest BCUT2D eigenvalue weighted by Crippen LogP contribution is 2.40. The number of nitrogens with one attached hydrogen (secondary N) is 1. The second-order valence-corrected chi connectivity index (χ2v) is 8.92. The lowest BCUT2D eigenvalue weighted by molar-refractivity contribution is -0.121. The fraction of sp³-hybridized carbons (Fsp3) is 0.167. The molecule has 1 amide bonds. The smallest absolute Gasteiger partial charge is 0.258 e. The Labute approximate surface area is 210 Å². The summed E-state index contributed by atoms with van der Waals surface area (Å²) in [4.78, 5) is 12.2. The van der Waals surface area contributed by atoms with Crippen molar-refractivity contribution in [3.8, 4) is 34.1 Å². The third-order valence-corrected chi connectivity index (χ3v) is 6.28. The second kappa shape index (κ2) is 10.5. The van der Waals surface area contributed by atoms with E-state index in [1.807, 2.05) is 59.6 Å². The summed E-state index contributed by atoms with van der Waals surface area (Å²) in [5, 5.41) is 23.3. The number of nitrogens with zero attached hydrogens (tertiary/aromatic N) is 1. The van der Waals surface area contributed by atoms with Crippen LogP contribution in [-0.4, -0.2) is 34.2 Å². The molecular formula is C30H28N2O4. The number of carbonyl (C=O) groups excluding carboxylic acids is 1. The van der Waals surface area contributed by atoms with Crippen LogP contribution in [0, 0.1) is 0 Å². The van der Waals surface area contributed by atoms with Crippen molar-refractivity contribution < 1.29 is 19.7 Å². The molecule has 1 aliphatic rings. The molecule has 4 aromatic carbocycles. The average Bonchev–Trinajstić information content (AvgIpc) is 2.89. The van der Waals surface area contributed by atoms with Gasteiger partial charge in [-0.15, -0.1) is 0 Å². The summed E-state index contributed by atoms with van der Waals surface area (Å²) in [7, 11) is 0. The van der Waals surface area contributed by atoms with E-state index in [-0.39, 0.29) is 17.4 Å². The van der Waals surface area contributed by atoms with Gasteiger partial charge in [0.15, 0.2) is 0 Å². The van der Waals surface area contributed by atoms with Crippen molar-refractivity contribution in [3.05, 3.63) is 90.5 Å². The largest absolute Gasteiger partial charge is 0.508 e. The highest BCUT2D eigenvalue weighted by atomic mass is 16.5. The van der Waals surface area contributed by atoms with E-state index in [0.717, 1.165) is 53.4 Å². The summed E-state index contributed by atoms with van der Waals surface area (Å²) >= 11 is 0. The number of phenols is 2. The van der Waals surface area contributed by atoms with E-state index < -0.39 is 0 Å². The number of rotatable bonds is 6. The van der Waals surface area contributed by atoms with Crippen LogP contribution in [-0.2, 0) is 4.79 Å². The second-order valence-electron chi connectivity index (χ2n) is 8.92. The first-order chi connectivity index (χ1) is 17.5. The molecule has 5 rings (SSSR count). The topological polar surface area (TPSA) is 82.0 Å². The Morgan fingerprint density at radius 2 is 1.56 bits per heavy atom. The van der Waals surface area contributed by atoms with Crippen LogP contribution >= 0.6 is 0 Å². The molecule has 3 N–H and O–H groups in total. The quantitative estimate of drug-likeness (QED) is 0.285. The van der Waals surface area contributed by atoms with Gasteiger partial charge in [-0.2, -0.15) is 0 Å². The number of ether oxygens (including phenoxy) is 1. The number of hydrogen-bond acceptors (Lipinski definition) is 5. The van der Waals surface area contributed by atoms with Gasteiger partial charge in [0.05, 0.1) is 0 Å². The van der Waals surface area contributed by atoms with E-state index in [0.29, 0.717) is 11.5 Å². The molecule has 0 bridgehead atoms. The van der Waals surface area contributed by atoms with Crippen LogP contribution in [0.25, 0.3) is 28.0 Å². The lowest BCUT2D eigenvalue weighted by Gasteiger charge is -2.26. The molecule has 36 heavy (non-hydrogen) atoms. The van der Waals surface area contributed by atoms with Crippen molar-refractivity contribution in [2.45, 2.75) is 19.3 Å². The lowest BCUT2D eigenvalue weighted by Crippen LogP contribution is -2.44. The number of benzene rings is 4. The zero-order valence-electron chi connectivity index (χ0n) is 19.9. The predicted octanol–water partition coefficient (Wildman–Crippen LogP) is 6.24. The maximum absolute atomic E-state index is 12.2. The SMILES string of the molecule is O=C(C=Cc1ccc(Oc2c(-c3ccc(O)cc3)ccc3cc(O)ccc23)cc1)NN1CCCCC1. The van der Waals surface area contributed by atoms with Gasteiger partial charge in [0.1, 0.15) is 23.0 Å². The van der Waals surface area contributed by atoms with E-state index in [9.17, 15) is 15.0 Å². The van der Waals surface area contributed by atoms with Crippen molar-refractivity contribution in [1.29, 1.82) is 0 Å². The molecule has 182 valence electrons. The number of piperidine rings is 1. The van der Waals surface area contributed by atoms with Gasteiger partial charge in [0.25, 0.3) is 5.91 Å². The summed E-state index contributed by atoms with van der Waals surface area (Å²) in [6.07, 6.45) is 6.76. The minimum absolute atomic E-state index is 0.130. The van der Waals surface area contributed by atoms with Crippen molar-refractivity contribution in [3.63, 3.8) is 0 Å². The summed E-state index contributed by atoms with van der Waals surface area (Å²) in [5.74, 6) is 1.55. The average molecular weight is 481 g/mol. The molecular weight excluding hydrogens is 452 g/mol. The van der Waals surface area contributed by atoms with Gasteiger partial charge in [-0.1, -0.05) is 36.8 Å². The van der Waals surface area contributed by atoms with E-state index in [1.165, 1.54) is 6.42 Å². The minimum atomic E-state index is -0.130. The highest BCUT2D eigenvalue weighted by molar-refractivity contribution is 5.96. The fourth-order valence-corrected chi connectivity index (χ4v) is 4.40. The molecule has 1 aliphatic heterocycles. The van der Waals surface area contributed by atoms with Crippen LogP contribution in [0.4, 0.5) is 0 Å². The molecule has 0 spiro atoms. The molecule has 4 aromatic rings. The first-order valence-electron chi connectivity index (χ1n) is 12.1. The maximum Gasteiger partial charge on any atom is 0.258 e. The zero-order valence-corrected chi connectivity index (χ0v) is 19.9. The number of amides is 1. The molecule has 0 aromatic heterocycles. The molecule has 0 saturated carbocycles. The Morgan fingerprint density at radius 1 is 0.833 bits per heavy atom. The molecule has 6 heteroatoms. The lowest BCUT2D eigenvalue weighted by atomic mass is 9.99. The Kier molecular flexibility index (Phi) is 6.87. The number of hydrogen-bond donors (Lipinski definition) is 3. The van der Waals surface area contributed by atoms with Gasteiger partial charge < -0.3 is 14.9 Å². The molecule has 1 fully saturated rings. The maximum atomic E-state index is 12.2. The van der Waals surface area contributed by atoms with E-state index in [1.54, 1.807) is 36.4 Å². The summed E-state index contributed by atoms with van der Waals surface area (Å²) in [5.41, 5.74) is 5.58. The van der Waals surface area contributed by atoms with Crippen LogP contribution < -0.4 is 10.2 Å². The van der Waals surface area contributed by atoms with Gasteiger partial charge in [-0.05, 0) is 84.0 Å². The third-order valence-electron chi connectivity index (χ3n) is 6.28. The van der Waals surface area contributed by atoms with Crippen LogP contribution in [0.2, 0.25) is 0 Å². The minimum Gasteiger partial charge on any atom is -0.508 e. The molecule has 0 radical (unpaired) electrons. The normalized spacial score (nSPS) is 14.2. The van der Waals surface area contributed by atoms with Crippen LogP contribution in [0.1, 0.15) is 24.8 Å². The Bertz CT molecular complexity index is 1390. The third kappa shape index (κ3) is 5.50. The van der Waals surface area contributed by atoms with Crippen molar-refractivity contribution in [2.24, 2.45) is 0 Å². The number of phenolic OH excluding ortho intramolecular Hbond substituents is 2. The van der Waals surface area contributed by atoms with Crippen LogP contribution in [0.3, 0.4) is 0 Å². The van der Waals surface area contributed by atoms with Crippen LogP contribution in [0.15, 0.2) is 84.9 Å². The van der Waals surface area contributed by atoms with Gasteiger partial charge in [-0.3, -0.25) is 10.2 Å². The summed E-state index contributed by atoms with van der Waals surface area (Å²) in [6, 6.07) is 23.5. The van der Waals surface area contributed by atoms with Gasteiger partial charge in [0.2, 0.25) is 0 Å². The summed E-state index contributed by atoms with van der Waals surface area (Å²) in [6.45, 7) is 1.79. The number of hydrazine groups is 1. The van der Waals surface area contributed by atoms with E-state index in [2.05, 4.69) is 5.43 Å². The predicted molar refractivity (Wildman–Crippen MR) is 142 cm³/mol. The Morgan fingerprint density at radius 3 is 2.31 bits per heavy atom. The van der Waals surface area contributed by atoms with Crippen molar-refractivity contribution >= 4 is 22.8 Å². The van der Waals surface area contributed by atoms with E-state index in [4.69, 9.17) is 4.74 Å². The number of fused-ring (bicyclic) bond motifs is 1. The monoisotopic (exact) mass is 480 g/mol. The Balaban J connectivity index is 1.37. The first kappa shape index (κ1) is 23.5. The molecule has 0 unspecified atom stereocenters. The Hall–Kier alpha value is -4.29. The van der Waals surface area contributed by atoms with Gasteiger partial charge in [-0.25, -0.2) is 5.01 Å². The molecule has 0 aliphatic carbocycles. The summed E-state index contributed by atoms with van der Waals surface area (Å²) < 4.78 is 6.37. The van der Waals surface area contributed by atoms with E-state index >= 15 is 0 Å². The highest BCUT2D eigenvalue weighted by Gasteiger charge is 2.14. The number of aromatic hydroxyl groups is 2.